The van der Waals surface area contributed by atoms with Crippen LogP contribution in [0.1, 0.15) is 19.8 Å². The van der Waals surface area contributed by atoms with Crippen LogP contribution in [-0.2, 0) is 0 Å². The number of halogens is 1. The maximum Gasteiger partial charge on any atom is 0.165 e. The van der Waals surface area contributed by atoms with Crippen LogP contribution in [0.4, 0.5) is 4.39 Å². The van der Waals surface area contributed by atoms with E-state index in [1.807, 2.05) is 6.92 Å². The Morgan fingerprint density at radius 1 is 1.35 bits per heavy atom. The molecule has 0 aromatic heterocycles. The highest BCUT2D eigenvalue weighted by Crippen LogP contribution is 2.26. The average molecular weight is 239 g/mol. The highest BCUT2D eigenvalue weighted by Gasteiger charge is 2.16. The molecule has 0 bridgehead atoms. The van der Waals surface area contributed by atoms with Crippen molar-refractivity contribution in [2.75, 3.05) is 19.7 Å². The molecule has 0 saturated carbocycles. The Bertz CT molecular complexity index is 364. The molecule has 1 aromatic rings. The molecular weight excluding hydrogens is 221 g/mol. The van der Waals surface area contributed by atoms with E-state index < -0.39 is 0 Å². The maximum absolute atomic E-state index is 13.6. The molecule has 3 nitrogen and oxygen atoms in total. The van der Waals surface area contributed by atoms with Gasteiger partial charge in [0.15, 0.2) is 11.6 Å². The molecule has 1 N–H and O–H groups in total. The highest BCUT2D eigenvalue weighted by atomic mass is 19.1. The molecule has 1 aromatic carbocycles. The summed E-state index contributed by atoms with van der Waals surface area (Å²) in [5, 5.41) is 3.25. The van der Waals surface area contributed by atoms with E-state index in [1.54, 1.807) is 12.1 Å². The lowest BCUT2D eigenvalue weighted by Gasteiger charge is -2.24. The van der Waals surface area contributed by atoms with Crippen LogP contribution in [0.5, 0.6) is 11.5 Å². The molecule has 4 heteroatoms. The van der Waals surface area contributed by atoms with E-state index in [-0.39, 0.29) is 11.9 Å². The third-order valence-electron chi connectivity index (χ3n) is 2.79. The zero-order chi connectivity index (χ0) is 12.1. The Balaban J connectivity index is 2.04. The summed E-state index contributed by atoms with van der Waals surface area (Å²) in [6.45, 7) is 4.32. The second kappa shape index (κ2) is 5.87. The molecule has 2 rings (SSSR count). The van der Waals surface area contributed by atoms with Gasteiger partial charge in [-0.25, -0.2) is 4.39 Å². The summed E-state index contributed by atoms with van der Waals surface area (Å²) in [6, 6.07) is 4.64. The molecule has 1 aliphatic heterocycles. The Labute approximate surface area is 101 Å². The van der Waals surface area contributed by atoms with Crippen LogP contribution in [0.3, 0.4) is 0 Å². The van der Waals surface area contributed by atoms with E-state index in [0.29, 0.717) is 18.1 Å². The fourth-order valence-corrected chi connectivity index (χ4v) is 1.92. The van der Waals surface area contributed by atoms with Gasteiger partial charge in [0.1, 0.15) is 11.9 Å². The number of rotatable bonds is 4. The fourth-order valence-electron chi connectivity index (χ4n) is 1.92. The molecule has 17 heavy (non-hydrogen) atoms. The number of hydrogen-bond acceptors (Lipinski definition) is 3. The van der Waals surface area contributed by atoms with Crippen molar-refractivity contribution in [3.63, 3.8) is 0 Å². The number of benzene rings is 1. The topological polar surface area (TPSA) is 30.5 Å². The SMILES string of the molecule is CCOc1ccc(F)c(OC2CCNCC2)c1. The molecule has 0 amide bonds. The van der Waals surface area contributed by atoms with Crippen LogP contribution in [0.25, 0.3) is 0 Å². The first-order chi connectivity index (χ1) is 8.29. The van der Waals surface area contributed by atoms with E-state index in [9.17, 15) is 4.39 Å². The van der Waals surface area contributed by atoms with Crippen molar-refractivity contribution in [2.45, 2.75) is 25.9 Å². The average Bonchev–Trinajstić information content (AvgIpc) is 2.35. The molecule has 1 heterocycles. The van der Waals surface area contributed by atoms with E-state index in [1.165, 1.54) is 6.07 Å². The third kappa shape index (κ3) is 3.33. The van der Waals surface area contributed by atoms with Gasteiger partial charge in [0, 0.05) is 6.07 Å². The minimum absolute atomic E-state index is 0.0997. The van der Waals surface area contributed by atoms with Crippen LogP contribution >= 0.6 is 0 Å². The van der Waals surface area contributed by atoms with Crippen molar-refractivity contribution in [1.29, 1.82) is 0 Å². The van der Waals surface area contributed by atoms with Crippen LogP contribution in [0, 0.1) is 5.82 Å². The predicted molar refractivity (Wildman–Crippen MR) is 64.1 cm³/mol. The smallest absolute Gasteiger partial charge is 0.165 e. The van der Waals surface area contributed by atoms with Crippen LogP contribution in [0.15, 0.2) is 18.2 Å². The Morgan fingerprint density at radius 3 is 2.82 bits per heavy atom. The normalized spacial score (nSPS) is 16.8. The summed E-state index contributed by atoms with van der Waals surface area (Å²) in [7, 11) is 0. The molecule has 0 atom stereocenters. The summed E-state index contributed by atoms with van der Waals surface area (Å²) in [5.41, 5.74) is 0. The van der Waals surface area contributed by atoms with Crippen molar-refractivity contribution in [2.24, 2.45) is 0 Å². The van der Waals surface area contributed by atoms with E-state index >= 15 is 0 Å². The number of ether oxygens (including phenoxy) is 2. The van der Waals surface area contributed by atoms with Gasteiger partial charge in [-0.3, -0.25) is 0 Å². The molecule has 1 aliphatic rings. The van der Waals surface area contributed by atoms with E-state index in [2.05, 4.69) is 5.32 Å². The molecule has 0 aliphatic carbocycles. The van der Waals surface area contributed by atoms with Crippen molar-refractivity contribution in [1.82, 2.24) is 5.32 Å². The van der Waals surface area contributed by atoms with Crippen molar-refractivity contribution >= 4 is 0 Å². The maximum atomic E-state index is 13.6. The summed E-state index contributed by atoms with van der Waals surface area (Å²) < 4.78 is 24.6. The van der Waals surface area contributed by atoms with Crippen LogP contribution in [-0.4, -0.2) is 25.8 Å². The number of piperidine rings is 1. The molecule has 0 radical (unpaired) electrons. The predicted octanol–water partition coefficient (Wildman–Crippen LogP) is 2.36. The Hall–Kier alpha value is -1.29. The third-order valence-corrected chi connectivity index (χ3v) is 2.79. The van der Waals surface area contributed by atoms with Gasteiger partial charge in [-0.2, -0.15) is 0 Å². The first kappa shape index (κ1) is 12.2. The van der Waals surface area contributed by atoms with Crippen LogP contribution in [0.2, 0.25) is 0 Å². The van der Waals surface area contributed by atoms with Crippen molar-refractivity contribution in [3.8, 4) is 11.5 Å². The molecule has 94 valence electrons. The Morgan fingerprint density at radius 2 is 2.12 bits per heavy atom. The molecule has 0 spiro atoms. The standard InChI is InChI=1S/C13H18FNO2/c1-2-16-11-3-4-12(14)13(9-11)17-10-5-7-15-8-6-10/h3-4,9-10,15H,2,5-8H2,1H3. The van der Waals surface area contributed by atoms with Gasteiger partial charge >= 0.3 is 0 Å². The van der Waals surface area contributed by atoms with Gasteiger partial charge < -0.3 is 14.8 Å². The summed E-state index contributed by atoms with van der Waals surface area (Å²) in [4.78, 5) is 0. The van der Waals surface area contributed by atoms with Crippen molar-refractivity contribution < 1.29 is 13.9 Å². The zero-order valence-corrected chi connectivity index (χ0v) is 10.0. The van der Waals surface area contributed by atoms with Crippen molar-refractivity contribution in [3.05, 3.63) is 24.0 Å². The number of nitrogens with one attached hydrogen (secondary N) is 1. The van der Waals surface area contributed by atoms with Gasteiger partial charge in [-0.05, 0) is 45.0 Å². The zero-order valence-electron chi connectivity index (χ0n) is 10.0. The molecular formula is C13H18FNO2. The van der Waals surface area contributed by atoms with Gasteiger partial charge in [-0.15, -0.1) is 0 Å². The second-order valence-corrected chi connectivity index (χ2v) is 4.09. The first-order valence-corrected chi connectivity index (χ1v) is 6.09. The fraction of sp³-hybridized carbons (Fsp3) is 0.538. The molecule has 1 fully saturated rings. The largest absolute Gasteiger partial charge is 0.494 e. The van der Waals surface area contributed by atoms with E-state index in [0.717, 1.165) is 25.9 Å². The van der Waals surface area contributed by atoms with E-state index in [4.69, 9.17) is 9.47 Å². The minimum Gasteiger partial charge on any atom is -0.494 e. The summed E-state index contributed by atoms with van der Waals surface area (Å²) in [5.74, 6) is 0.618. The summed E-state index contributed by atoms with van der Waals surface area (Å²) >= 11 is 0. The lowest BCUT2D eigenvalue weighted by molar-refractivity contribution is 0.155. The molecule has 1 saturated heterocycles. The van der Waals surface area contributed by atoms with Gasteiger partial charge in [0.05, 0.1) is 6.61 Å². The Kier molecular flexibility index (Phi) is 4.20. The monoisotopic (exact) mass is 239 g/mol. The van der Waals surface area contributed by atoms with Crippen LogP contribution < -0.4 is 14.8 Å². The minimum atomic E-state index is -0.327. The number of hydrogen-bond donors (Lipinski definition) is 1. The van der Waals surface area contributed by atoms with Gasteiger partial charge in [-0.1, -0.05) is 0 Å². The lowest BCUT2D eigenvalue weighted by atomic mass is 10.1. The molecule has 0 unspecified atom stereocenters. The lowest BCUT2D eigenvalue weighted by Crippen LogP contribution is -2.34. The van der Waals surface area contributed by atoms with Gasteiger partial charge in [0.2, 0.25) is 0 Å². The first-order valence-electron chi connectivity index (χ1n) is 6.09. The quantitative estimate of drug-likeness (QED) is 0.875. The summed E-state index contributed by atoms with van der Waals surface area (Å²) in [6.07, 6.45) is 1.93. The highest BCUT2D eigenvalue weighted by molar-refractivity contribution is 5.34. The van der Waals surface area contributed by atoms with Gasteiger partial charge in [0.25, 0.3) is 0 Å². The second-order valence-electron chi connectivity index (χ2n) is 4.09.